The number of halogens is 2. The Kier molecular flexibility index (Phi) is 3.76. The summed E-state index contributed by atoms with van der Waals surface area (Å²) in [6.45, 7) is 0. The first-order valence-corrected chi connectivity index (χ1v) is 5.77. The highest BCUT2D eigenvalue weighted by atomic mass is 19.1. The Hall–Kier alpha value is -2.74. The molecule has 5 heteroatoms. The Morgan fingerprint density at radius 1 is 1.10 bits per heavy atom. The minimum atomic E-state index is -0.934. The van der Waals surface area contributed by atoms with Crippen molar-refractivity contribution in [3.05, 3.63) is 65.2 Å². The van der Waals surface area contributed by atoms with Crippen molar-refractivity contribution in [1.82, 2.24) is 0 Å². The van der Waals surface area contributed by atoms with E-state index in [0.717, 1.165) is 17.0 Å². The zero-order valence-corrected chi connectivity index (χ0v) is 10.6. The van der Waals surface area contributed by atoms with Crippen molar-refractivity contribution in [3.8, 4) is 6.07 Å². The maximum Gasteiger partial charge on any atom is 0.264 e. The smallest absolute Gasteiger partial charge is 0.264 e. The quantitative estimate of drug-likeness (QED) is 0.843. The van der Waals surface area contributed by atoms with Crippen LogP contribution in [-0.4, -0.2) is 13.0 Å². The van der Waals surface area contributed by atoms with Gasteiger partial charge in [0.05, 0.1) is 11.3 Å². The van der Waals surface area contributed by atoms with Crippen LogP contribution in [0, 0.1) is 23.0 Å². The van der Waals surface area contributed by atoms with Crippen LogP contribution in [-0.2, 0) is 0 Å². The molecular formula is C15H10F2N2O. The minimum Gasteiger partial charge on any atom is -0.310 e. The first kappa shape index (κ1) is 13.7. The molecule has 0 radical (unpaired) electrons. The predicted octanol–water partition coefficient (Wildman–Crippen LogP) is 3.11. The van der Waals surface area contributed by atoms with Crippen LogP contribution in [0.1, 0.15) is 15.9 Å². The van der Waals surface area contributed by atoms with Crippen LogP contribution in [0.3, 0.4) is 0 Å². The normalized spacial score (nSPS) is 9.90. The van der Waals surface area contributed by atoms with Crippen molar-refractivity contribution in [1.29, 1.82) is 5.26 Å². The number of benzene rings is 2. The average molecular weight is 272 g/mol. The number of nitrogens with zero attached hydrogens (tertiary/aromatic N) is 2. The predicted molar refractivity (Wildman–Crippen MR) is 70.2 cm³/mol. The second-order valence-corrected chi connectivity index (χ2v) is 4.09. The van der Waals surface area contributed by atoms with E-state index < -0.39 is 23.1 Å². The monoisotopic (exact) mass is 272 g/mol. The Morgan fingerprint density at radius 2 is 1.70 bits per heavy atom. The number of anilines is 1. The SMILES string of the molecule is CN(C(=O)c1c(F)cccc1F)c1ccccc1C#N. The molecule has 0 bridgehead atoms. The summed E-state index contributed by atoms with van der Waals surface area (Å²) >= 11 is 0. The van der Waals surface area contributed by atoms with Crippen molar-refractivity contribution >= 4 is 11.6 Å². The Bertz CT molecular complexity index is 687. The number of rotatable bonds is 2. The van der Waals surface area contributed by atoms with E-state index in [2.05, 4.69) is 0 Å². The van der Waals surface area contributed by atoms with Crippen molar-refractivity contribution in [2.75, 3.05) is 11.9 Å². The average Bonchev–Trinajstić information content (AvgIpc) is 2.46. The van der Waals surface area contributed by atoms with Crippen LogP contribution in [0.4, 0.5) is 14.5 Å². The molecule has 0 fully saturated rings. The van der Waals surface area contributed by atoms with Crippen molar-refractivity contribution in [3.63, 3.8) is 0 Å². The molecule has 0 aliphatic heterocycles. The number of para-hydroxylation sites is 1. The molecule has 2 rings (SSSR count). The second kappa shape index (κ2) is 5.49. The van der Waals surface area contributed by atoms with Gasteiger partial charge in [-0.2, -0.15) is 5.26 Å². The molecule has 0 saturated heterocycles. The molecule has 0 spiro atoms. The minimum absolute atomic E-state index is 0.250. The molecule has 1 amide bonds. The van der Waals surface area contributed by atoms with Crippen LogP contribution in [0.25, 0.3) is 0 Å². The molecule has 0 saturated carbocycles. The highest BCUT2D eigenvalue weighted by Gasteiger charge is 2.22. The van der Waals surface area contributed by atoms with Gasteiger partial charge in [0, 0.05) is 7.05 Å². The van der Waals surface area contributed by atoms with Gasteiger partial charge in [-0.15, -0.1) is 0 Å². The lowest BCUT2D eigenvalue weighted by molar-refractivity contribution is 0.0985. The molecule has 100 valence electrons. The number of hydrogen-bond donors (Lipinski definition) is 0. The van der Waals surface area contributed by atoms with Crippen LogP contribution in [0.5, 0.6) is 0 Å². The van der Waals surface area contributed by atoms with E-state index in [4.69, 9.17) is 5.26 Å². The van der Waals surface area contributed by atoms with Gasteiger partial charge in [0.15, 0.2) is 0 Å². The summed E-state index contributed by atoms with van der Waals surface area (Å²) in [6, 6.07) is 11.5. The van der Waals surface area contributed by atoms with E-state index in [-0.39, 0.29) is 5.56 Å². The summed E-state index contributed by atoms with van der Waals surface area (Å²) < 4.78 is 27.2. The van der Waals surface area contributed by atoms with Gasteiger partial charge in [-0.1, -0.05) is 18.2 Å². The molecule has 2 aromatic rings. The molecule has 0 aliphatic carbocycles. The summed E-state index contributed by atoms with van der Waals surface area (Å²) in [5.74, 6) is -2.71. The number of carbonyl (C=O) groups excluding carboxylic acids is 1. The Balaban J connectivity index is 2.46. The third-order valence-electron chi connectivity index (χ3n) is 2.87. The fourth-order valence-corrected chi connectivity index (χ4v) is 1.84. The van der Waals surface area contributed by atoms with E-state index >= 15 is 0 Å². The molecule has 20 heavy (non-hydrogen) atoms. The van der Waals surface area contributed by atoms with Gasteiger partial charge in [-0.3, -0.25) is 4.79 Å². The maximum atomic E-state index is 13.6. The van der Waals surface area contributed by atoms with Crippen LogP contribution in [0.2, 0.25) is 0 Å². The second-order valence-electron chi connectivity index (χ2n) is 4.09. The van der Waals surface area contributed by atoms with Crippen molar-refractivity contribution in [2.24, 2.45) is 0 Å². The molecule has 0 N–H and O–H groups in total. The summed E-state index contributed by atoms with van der Waals surface area (Å²) in [7, 11) is 1.37. The van der Waals surface area contributed by atoms with Crippen molar-refractivity contribution in [2.45, 2.75) is 0 Å². The molecule has 0 aromatic heterocycles. The van der Waals surface area contributed by atoms with Gasteiger partial charge in [0.1, 0.15) is 23.3 Å². The van der Waals surface area contributed by atoms with Gasteiger partial charge in [-0.05, 0) is 24.3 Å². The zero-order chi connectivity index (χ0) is 14.7. The number of carbonyl (C=O) groups is 1. The number of amides is 1. The van der Waals surface area contributed by atoms with Gasteiger partial charge < -0.3 is 4.90 Å². The summed E-state index contributed by atoms with van der Waals surface area (Å²) in [4.78, 5) is 13.2. The summed E-state index contributed by atoms with van der Waals surface area (Å²) in [5, 5.41) is 8.99. The third kappa shape index (κ3) is 2.36. The lowest BCUT2D eigenvalue weighted by atomic mass is 10.1. The highest BCUT2D eigenvalue weighted by Crippen LogP contribution is 2.22. The zero-order valence-electron chi connectivity index (χ0n) is 10.6. The molecule has 3 nitrogen and oxygen atoms in total. The molecule has 0 heterocycles. The molecule has 0 unspecified atom stereocenters. The first-order valence-electron chi connectivity index (χ1n) is 5.77. The first-order chi connectivity index (χ1) is 9.56. The van der Waals surface area contributed by atoms with Gasteiger partial charge in [0.25, 0.3) is 5.91 Å². The maximum absolute atomic E-state index is 13.6. The van der Waals surface area contributed by atoms with E-state index in [1.54, 1.807) is 12.1 Å². The van der Waals surface area contributed by atoms with E-state index in [0.29, 0.717) is 5.69 Å². The number of nitriles is 1. The third-order valence-corrected chi connectivity index (χ3v) is 2.87. The lowest BCUT2D eigenvalue weighted by Gasteiger charge is -2.19. The van der Waals surface area contributed by atoms with Gasteiger partial charge in [0.2, 0.25) is 0 Å². The summed E-state index contributed by atoms with van der Waals surface area (Å²) in [6.07, 6.45) is 0. The standard InChI is InChI=1S/C15H10F2N2O/c1-19(13-8-3-2-5-10(13)9-18)15(20)14-11(16)6-4-7-12(14)17/h2-8H,1H3. The Labute approximate surface area is 114 Å². The molecule has 0 atom stereocenters. The van der Waals surface area contributed by atoms with Crippen molar-refractivity contribution < 1.29 is 13.6 Å². The highest BCUT2D eigenvalue weighted by molar-refractivity contribution is 6.06. The van der Waals surface area contributed by atoms with E-state index in [1.165, 1.54) is 25.2 Å². The fraction of sp³-hybridized carbons (Fsp3) is 0.0667. The molecule has 2 aromatic carbocycles. The van der Waals surface area contributed by atoms with Crippen LogP contribution in [0.15, 0.2) is 42.5 Å². The van der Waals surface area contributed by atoms with E-state index in [9.17, 15) is 13.6 Å². The largest absolute Gasteiger partial charge is 0.310 e. The molecule has 0 aliphatic rings. The molecular weight excluding hydrogens is 262 g/mol. The topological polar surface area (TPSA) is 44.1 Å². The number of hydrogen-bond acceptors (Lipinski definition) is 2. The lowest BCUT2D eigenvalue weighted by Crippen LogP contribution is -2.28. The van der Waals surface area contributed by atoms with E-state index in [1.807, 2.05) is 6.07 Å². The van der Waals surface area contributed by atoms with Gasteiger partial charge in [-0.25, -0.2) is 8.78 Å². The van der Waals surface area contributed by atoms with Crippen LogP contribution < -0.4 is 4.90 Å². The van der Waals surface area contributed by atoms with Crippen LogP contribution >= 0.6 is 0 Å². The van der Waals surface area contributed by atoms with Gasteiger partial charge >= 0.3 is 0 Å². The Morgan fingerprint density at radius 3 is 2.30 bits per heavy atom. The fourth-order valence-electron chi connectivity index (χ4n) is 1.84. The summed E-state index contributed by atoms with van der Waals surface area (Å²) in [5.41, 5.74) is -0.0921.